The summed E-state index contributed by atoms with van der Waals surface area (Å²) in [4.78, 5) is 11.8. The smallest absolute Gasteiger partial charge is 0.262 e. The lowest BCUT2D eigenvalue weighted by Crippen LogP contribution is -2.20. The van der Waals surface area contributed by atoms with Crippen LogP contribution in [0.15, 0.2) is 48.5 Å². The summed E-state index contributed by atoms with van der Waals surface area (Å²) in [5.41, 5.74) is 0.623. The molecule has 0 atom stereocenters. The lowest BCUT2D eigenvalue weighted by molar-refractivity contribution is -0.118. The van der Waals surface area contributed by atoms with Gasteiger partial charge in [-0.1, -0.05) is 12.1 Å². The van der Waals surface area contributed by atoms with Crippen LogP contribution >= 0.6 is 0 Å². The first-order chi connectivity index (χ1) is 10.5. The van der Waals surface area contributed by atoms with Crippen molar-refractivity contribution in [2.45, 2.75) is 20.0 Å². The molecule has 0 aliphatic heterocycles. The van der Waals surface area contributed by atoms with Crippen LogP contribution in [-0.2, 0) is 4.79 Å². The van der Waals surface area contributed by atoms with Crippen molar-refractivity contribution in [3.8, 4) is 11.5 Å². The average Bonchev–Trinajstić information content (AvgIpc) is 2.48. The Morgan fingerprint density at radius 3 is 2.45 bits per heavy atom. The zero-order valence-electron chi connectivity index (χ0n) is 12.5. The molecule has 22 heavy (non-hydrogen) atoms. The summed E-state index contributed by atoms with van der Waals surface area (Å²) in [5, 5.41) is 2.67. The third kappa shape index (κ3) is 4.77. The van der Waals surface area contributed by atoms with Gasteiger partial charge in [-0.15, -0.1) is 0 Å². The fourth-order valence-corrected chi connectivity index (χ4v) is 1.79. The number of ether oxygens (including phenoxy) is 2. The molecule has 2 aromatic carbocycles. The summed E-state index contributed by atoms with van der Waals surface area (Å²) in [5.74, 6) is -0.0693. The predicted molar refractivity (Wildman–Crippen MR) is 82.7 cm³/mol. The zero-order chi connectivity index (χ0) is 15.9. The second-order valence-corrected chi connectivity index (χ2v) is 4.96. The SMILES string of the molecule is CC(C)Oc1ccc(NC(=O)COc2ccccc2F)cc1. The molecule has 2 aromatic rings. The van der Waals surface area contributed by atoms with Gasteiger partial charge in [-0.05, 0) is 50.2 Å². The summed E-state index contributed by atoms with van der Waals surface area (Å²) in [6, 6.07) is 13.0. The lowest BCUT2D eigenvalue weighted by Gasteiger charge is -2.11. The molecule has 0 spiro atoms. The molecule has 0 radical (unpaired) electrons. The standard InChI is InChI=1S/C17H18FNO3/c1-12(2)22-14-9-7-13(8-10-14)19-17(20)11-21-16-6-4-3-5-15(16)18/h3-10,12H,11H2,1-2H3,(H,19,20). The van der Waals surface area contributed by atoms with Crippen LogP contribution in [-0.4, -0.2) is 18.6 Å². The maximum atomic E-state index is 13.3. The van der Waals surface area contributed by atoms with Crippen LogP contribution in [0.4, 0.5) is 10.1 Å². The number of halogens is 1. The zero-order valence-corrected chi connectivity index (χ0v) is 12.5. The van der Waals surface area contributed by atoms with Gasteiger partial charge in [0.1, 0.15) is 5.75 Å². The van der Waals surface area contributed by atoms with E-state index in [0.717, 1.165) is 5.75 Å². The molecular formula is C17H18FNO3. The van der Waals surface area contributed by atoms with Crippen LogP contribution in [0.5, 0.6) is 11.5 Å². The molecule has 4 nitrogen and oxygen atoms in total. The number of rotatable bonds is 6. The van der Waals surface area contributed by atoms with E-state index in [9.17, 15) is 9.18 Å². The Morgan fingerprint density at radius 1 is 1.14 bits per heavy atom. The normalized spacial score (nSPS) is 10.4. The van der Waals surface area contributed by atoms with Crippen molar-refractivity contribution in [3.05, 3.63) is 54.3 Å². The highest BCUT2D eigenvalue weighted by Crippen LogP contribution is 2.18. The lowest BCUT2D eigenvalue weighted by atomic mass is 10.3. The quantitative estimate of drug-likeness (QED) is 0.886. The molecule has 0 unspecified atom stereocenters. The minimum Gasteiger partial charge on any atom is -0.491 e. The molecule has 0 bridgehead atoms. The summed E-state index contributed by atoms with van der Waals surface area (Å²) in [7, 11) is 0. The monoisotopic (exact) mass is 303 g/mol. The first kappa shape index (κ1) is 15.8. The number of carbonyl (C=O) groups is 1. The van der Waals surface area contributed by atoms with Gasteiger partial charge >= 0.3 is 0 Å². The Morgan fingerprint density at radius 2 is 1.82 bits per heavy atom. The van der Waals surface area contributed by atoms with Gasteiger partial charge in [0.05, 0.1) is 6.10 Å². The van der Waals surface area contributed by atoms with Gasteiger partial charge in [-0.25, -0.2) is 4.39 Å². The average molecular weight is 303 g/mol. The largest absolute Gasteiger partial charge is 0.491 e. The van der Waals surface area contributed by atoms with Crippen molar-refractivity contribution in [3.63, 3.8) is 0 Å². The number of hydrogen-bond acceptors (Lipinski definition) is 3. The number of benzene rings is 2. The third-order valence-corrected chi connectivity index (χ3v) is 2.71. The van der Waals surface area contributed by atoms with Crippen molar-refractivity contribution >= 4 is 11.6 Å². The highest BCUT2D eigenvalue weighted by molar-refractivity contribution is 5.91. The van der Waals surface area contributed by atoms with Gasteiger partial charge in [-0.3, -0.25) is 4.79 Å². The second-order valence-electron chi connectivity index (χ2n) is 4.96. The van der Waals surface area contributed by atoms with E-state index >= 15 is 0 Å². The fraction of sp³-hybridized carbons (Fsp3) is 0.235. The fourth-order valence-electron chi connectivity index (χ4n) is 1.79. The molecule has 0 aromatic heterocycles. The molecule has 0 heterocycles. The molecule has 0 saturated heterocycles. The maximum absolute atomic E-state index is 13.3. The number of nitrogens with one attached hydrogen (secondary N) is 1. The Bertz CT molecular complexity index is 626. The molecule has 0 aliphatic carbocycles. The van der Waals surface area contributed by atoms with E-state index in [1.54, 1.807) is 36.4 Å². The summed E-state index contributed by atoms with van der Waals surface area (Å²) < 4.78 is 24.0. The van der Waals surface area contributed by atoms with Crippen LogP contribution in [0.1, 0.15) is 13.8 Å². The highest BCUT2D eigenvalue weighted by atomic mass is 19.1. The van der Waals surface area contributed by atoms with E-state index in [-0.39, 0.29) is 24.4 Å². The van der Waals surface area contributed by atoms with Crippen molar-refractivity contribution in [1.29, 1.82) is 0 Å². The topological polar surface area (TPSA) is 47.6 Å². The second kappa shape index (κ2) is 7.45. The van der Waals surface area contributed by atoms with Gasteiger partial charge in [0.15, 0.2) is 18.2 Å². The Kier molecular flexibility index (Phi) is 5.36. The third-order valence-electron chi connectivity index (χ3n) is 2.71. The van der Waals surface area contributed by atoms with Crippen LogP contribution in [0, 0.1) is 5.82 Å². The molecule has 5 heteroatoms. The van der Waals surface area contributed by atoms with E-state index in [1.807, 2.05) is 13.8 Å². The van der Waals surface area contributed by atoms with E-state index in [4.69, 9.17) is 9.47 Å². The van der Waals surface area contributed by atoms with Gasteiger partial charge in [-0.2, -0.15) is 0 Å². The van der Waals surface area contributed by atoms with E-state index in [0.29, 0.717) is 5.69 Å². The number of anilines is 1. The molecule has 0 saturated carbocycles. The Hall–Kier alpha value is -2.56. The van der Waals surface area contributed by atoms with Gasteiger partial charge in [0.2, 0.25) is 0 Å². The molecular weight excluding hydrogens is 285 g/mol. The number of para-hydroxylation sites is 1. The molecule has 0 fully saturated rings. The van der Waals surface area contributed by atoms with Gasteiger partial charge in [0.25, 0.3) is 5.91 Å². The van der Waals surface area contributed by atoms with Crippen molar-refractivity contribution < 1.29 is 18.7 Å². The highest BCUT2D eigenvalue weighted by Gasteiger charge is 2.07. The first-order valence-corrected chi connectivity index (χ1v) is 6.98. The summed E-state index contributed by atoms with van der Waals surface area (Å²) in [6.45, 7) is 3.62. The molecule has 1 N–H and O–H groups in total. The van der Waals surface area contributed by atoms with Crippen molar-refractivity contribution in [2.24, 2.45) is 0 Å². The summed E-state index contributed by atoms with van der Waals surface area (Å²) in [6.07, 6.45) is 0.0922. The van der Waals surface area contributed by atoms with Gasteiger partial charge < -0.3 is 14.8 Å². The Labute approximate surface area is 128 Å². The van der Waals surface area contributed by atoms with Crippen LogP contribution < -0.4 is 14.8 Å². The van der Waals surface area contributed by atoms with E-state index in [2.05, 4.69) is 5.32 Å². The van der Waals surface area contributed by atoms with Crippen molar-refractivity contribution in [2.75, 3.05) is 11.9 Å². The molecule has 1 amide bonds. The minimum absolute atomic E-state index is 0.0540. The first-order valence-electron chi connectivity index (χ1n) is 6.98. The molecule has 0 aliphatic rings. The molecule has 116 valence electrons. The summed E-state index contributed by atoms with van der Waals surface area (Å²) >= 11 is 0. The van der Waals surface area contributed by atoms with Crippen molar-refractivity contribution in [1.82, 2.24) is 0 Å². The van der Waals surface area contributed by atoms with Crippen LogP contribution in [0.3, 0.4) is 0 Å². The predicted octanol–water partition coefficient (Wildman–Crippen LogP) is 3.63. The number of hydrogen-bond donors (Lipinski definition) is 1. The van der Waals surface area contributed by atoms with Crippen LogP contribution in [0.25, 0.3) is 0 Å². The van der Waals surface area contributed by atoms with Gasteiger partial charge in [0, 0.05) is 5.69 Å². The Balaban J connectivity index is 1.85. The van der Waals surface area contributed by atoms with E-state index in [1.165, 1.54) is 12.1 Å². The maximum Gasteiger partial charge on any atom is 0.262 e. The van der Waals surface area contributed by atoms with E-state index < -0.39 is 5.82 Å². The number of carbonyl (C=O) groups excluding carboxylic acids is 1. The number of amides is 1. The minimum atomic E-state index is -0.495. The molecule has 2 rings (SSSR count). The van der Waals surface area contributed by atoms with Crippen LogP contribution in [0.2, 0.25) is 0 Å².